The monoisotopic (exact) mass is 474 g/mol. The number of hydrogen-bond donors (Lipinski definition) is 1. The normalized spacial score (nSPS) is 13.2. The van der Waals surface area contributed by atoms with Gasteiger partial charge in [-0.1, -0.05) is 24.3 Å². The van der Waals surface area contributed by atoms with Crippen molar-refractivity contribution < 1.29 is 23.8 Å². The lowest BCUT2D eigenvalue weighted by Gasteiger charge is -2.24. The fraction of sp³-hybridized carbons (Fsp3) is 0.231. The molecule has 0 fully saturated rings. The van der Waals surface area contributed by atoms with E-state index in [-0.39, 0.29) is 18.0 Å². The van der Waals surface area contributed by atoms with Crippen molar-refractivity contribution in [1.29, 1.82) is 0 Å². The third-order valence-electron chi connectivity index (χ3n) is 4.89. The maximum absolute atomic E-state index is 12.4. The Morgan fingerprint density at radius 3 is 2.20 bits per heavy atom. The van der Waals surface area contributed by atoms with Crippen LogP contribution in [0.3, 0.4) is 0 Å². The standard InChI is InChI=1S/C26H26N4O5/c1-26(2,3)35-25(32)30-14-13-17(16-30)23-28-15-21(22(27)31)24(29-23)34-20-11-9-19(10-12-20)33-18-7-5-4-6-8-18/h4-13,15H,14,16H2,1-3H3,(H2,27,31). The Balaban J connectivity index is 1.49. The lowest BCUT2D eigenvalue weighted by molar-refractivity contribution is 0.0306. The number of carbonyl (C=O) groups excluding carboxylic acids is 2. The predicted octanol–water partition coefficient (Wildman–Crippen LogP) is 4.79. The van der Waals surface area contributed by atoms with Crippen molar-refractivity contribution in [2.45, 2.75) is 26.4 Å². The Morgan fingerprint density at radius 2 is 1.57 bits per heavy atom. The second kappa shape index (κ2) is 9.84. The first kappa shape index (κ1) is 23.7. The van der Waals surface area contributed by atoms with E-state index in [0.29, 0.717) is 35.2 Å². The molecule has 0 spiro atoms. The molecule has 4 rings (SSSR count). The van der Waals surface area contributed by atoms with Crippen LogP contribution in [0, 0.1) is 0 Å². The third-order valence-corrected chi connectivity index (χ3v) is 4.89. The highest BCUT2D eigenvalue weighted by molar-refractivity contribution is 5.95. The van der Waals surface area contributed by atoms with Crippen LogP contribution in [0.2, 0.25) is 0 Å². The maximum Gasteiger partial charge on any atom is 0.410 e. The van der Waals surface area contributed by atoms with Gasteiger partial charge in [0.1, 0.15) is 28.4 Å². The van der Waals surface area contributed by atoms with E-state index in [4.69, 9.17) is 19.9 Å². The Morgan fingerprint density at radius 1 is 0.943 bits per heavy atom. The minimum Gasteiger partial charge on any atom is -0.457 e. The lowest BCUT2D eigenvalue weighted by Crippen LogP contribution is -2.35. The van der Waals surface area contributed by atoms with Crippen LogP contribution in [0.15, 0.2) is 66.9 Å². The van der Waals surface area contributed by atoms with E-state index in [2.05, 4.69) is 9.97 Å². The molecule has 35 heavy (non-hydrogen) atoms. The molecule has 0 atom stereocenters. The number of hydrogen-bond acceptors (Lipinski definition) is 7. The molecular weight excluding hydrogens is 448 g/mol. The number of carbonyl (C=O) groups is 2. The molecule has 0 radical (unpaired) electrons. The van der Waals surface area contributed by atoms with E-state index in [0.717, 1.165) is 0 Å². The fourth-order valence-electron chi connectivity index (χ4n) is 3.26. The van der Waals surface area contributed by atoms with Gasteiger partial charge in [0.2, 0.25) is 5.88 Å². The summed E-state index contributed by atoms with van der Waals surface area (Å²) >= 11 is 0. The van der Waals surface area contributed by atoms with E-state index >= 15 is 0 Å². The quantitative estimate of drug-likeness (QED) is 0.546. The highest BCUT2D eigenvalue weighted by Gasteiger charge is 2.27. The number of ether oxygens (including phenoxy) is 3. The summed E-state index contributed by atoms with van der Waals surface area (Å²) in [5, 5.41) is 0. The summed E-state index contributed by atoms with van der Waals surface area (Å²) in [6.07, 6.45) is 2.74. The number of rotatable bonds is 6. The number of amides is 2. The topological polar surface area (TPSA) is 117 Å². The van der Waals surface area contributed by atoms with E-state index in [1.165, 1.54) is 11.1 Å². The van der Waals surface area contributed by atoms with Gasteiger partial charge >= 0.3 is 6.09 Å². The SMILES string of the molecule is CC(C)(C)OC(=O)N1CC=C(c2ncc(C(N)=O)c(Oc3ccc(Oc4ccccc4)cc3)n2)C1. The third kappa shape index (κ3) is 6.14. The first-order valence-corrected chi connectivity index (χ1v) is 11.0. The summed E-state index contributed by atoms with van der Waals surface area (Å²) in [4.78, 5) is 34.5. The number of primary amides is 1. The second-order valence-corrected chi connectivity index (χ2v) is 8.86. The van der Waals surface area contributed by atoms with Crippen LogP contribution in [0.25, 0.3) is 5.57 Å². The molecule has 9 heteroatoms. The molecule has 2 aromatic carbocycles. The van der Waals surface area contributed by atoms with Crippen LogP contribution < -0.4 is 15.2 Å². The van der Waals surface area contributed by atoms with Crippen molar-refractivity contribution in [3.8, 4) is 23.1 Å². The Kier molecular flexibility index (Phi) is 6.68. The molecule has 0 bridgehead atoms. The fourth-order valence-corrected chi connectivity index (χ4v) is 3.26. The molecule has 1 aliphatic rings. The first-order chi connectivity index (χ1) is 16.7. The highest BCUT2D eigenvalue weighted by Crippen LogP contribution is 2.29. The van der Waals surface area contributed by atoms with Crippen molar-refractivity contribution in [1.82, 2.24) is 14.9 Å². The molecule has 0 saturated carbocycles. The largest absolute Gasteiger partial charge is 0.457 e. The first-order valence-electron chi connectivity index (χ1n) is 11.0. The number of nitrogens with two attached hydrogens (primary N) is 1. The molecule has 0 unspecified atom stereocenters. The van der Waals surface area contributed by atoms with E-state index in [1.807, 2.05) is 57.2 Å². The summed E-state index contributed by atoms with van der Waals surface area (Å²) in [5.41, 5.74) is 5.66. The van der Waals surface area contributed by atoms with Gasteiger partial charge in [-0.15, -0.1) is 0 Å². The van der Waals surface area contributed by atoms with Crippen LogP contribution in [0.5, 0.6) is 23.1 Å². The van der Waals surface area contributed by atoms with E-state index < -0.39 is 17.6 Å². The number of nitrogens with zero attached hydrogens (tertiary/aromatic N) is 3. The highest BCUT2D eigenvalue weighted by atomic mass is 16.6. The lowest BCUT2D eigenvalue weighted by atomic mass is 10.2. The van der Waals surface area contributed by atoms with E-state index in [1.54, 1.807) is 24.3 Å². The summed E-state index contributed by atoms with van der Waals surface area (Å²) in [6.45, 7) is 6.07. The molecule has 2 amide bonds. The number of aromatic nitrogens is 2. The van der Waals surface area contributed by atoms with Gasteiger partial charge in [0, 0.05) is 18.3 Å². The minimum atomic E-state index is -0.716. The Hall–Kier alpha value is -4.40. The van der Waals surface area contributed by atoms with Crippen molar-refractivity contribution in [3.05, 3.63) is 78.3 Å². The van der Waals surface area contributed by atoms with Crippen molar-refractivity contribution >= 4 is 17.6 Å². The number of para-hydroxylation sites is 1. The van der Waals surface area contributed by atoms with Crippen molar-refractivity contribution in [3.63, 3.8) is 0 Å². The van der Waals surface area contributed by atoms with Gasteiger partial charge in [-0.05, 0) is 57.2 Å². The summed E-state index contributed by atoms with van der Waals surface area (Å²) in [7, 11) is 0. The van der Waals surface area contributed by atoms with Gasteiger partial charge < -0.3 is 24.8 Å². The zero-order valence-electron chi connectivity index (χ0n) is 19.7. The summed E-state index contributed by atoms with van der Waals surface area (Å²) in [5.74, 6) is 1.42. The molecule has 180 valence electrons. The Labute approximate surface area is 203 Å². The van der Waals surface area contributed by atoms with Crippen LogP contribution >= 0.6 is 0 Å². The molecule has 2 N–H and O–H groups in total. The summed E-state index contributed by atoms with van der Waals surface area (Å²) < 4.78 is 17.1. The van der Waals surface area contributed by atoms with Gasteiger partial charge in [0.05, 0.1) is 6.54 Å². The molecule has 9 nitrogen and oxygen atoms in total. The van der Waals surface area contributed by atoms with Gasteiger partial charge in [-0.2, -0.15) is 4.98 Å². The number of benzene rings is 2. The average Bonchev–Trinajstić information content (AvgIpc) is 3.30. The zero-order chi connectivity index (χ0) is 25.0. The van der Waals surface area contributed by atoms with Crippen LogP contribution in [-0.4, -0.2) is 45.6 Å². The molecular formula is C26H26N4O5. The van der Waals surface area contributed by atoms with E-state index in [9.17, 15) is 9.59 Å². The Bertz CT molecular complexity index is 1250. The molecule has 0 saturated heterocycles. The summed E-state index contributed by atoms with van der Waals surface area (Å²) in [6, 6.07) is 16.3. The van der Waals surface area contributed by atoms with Gasteiger partial charge in [-0.3, -0.25) is 4.79 Å². The van der Waals surface area contributed by atoms with Crippen LogP contribution in [0.1, 0.15) is 37.0 Å². The second-order valence-electron chi connectivity index (χ2n) is 8.86. The van der Waals surface area contributed by atoms with Gasteiger partial charge in [-0.25, -0.2) is 9.78 Å². The van der Waals surface area contributed by atoms with Crippen molar-refractivity contribution in [2.24, 2.45) is 5.73 Å². The predicted molar refractivity (Wildman–Crippen MR) is 129 cm³/mol. The molecule has 0 aliphatic carbocycles. The zero-order valence-corrected chi connectivity index (χ0v) is 19.7. The molecule has 3 aromatic rings. The van der Waals surface area contributed by atoms with Crippen LogP contribution in [0.4, 0.5) is 4.79 Å². The molecule has 2 heterocycles. The van der Waals surface area contributed by atoms with Crippen LogP contribution in [-0.2, 0) is 4.74 Å². The minimum absolute atomic E-state index is 0.0239. The van der Waals surface area contributed by atoms with Gasteiger partial charge in [0.25, 0.3) is 5.91 Å². The van der Waals surface area contributed by atoms with Crippen molar-refractivity contribution in [2.75, 3.05) is 13.1 Å². The molecule has 1 aliphatic heterocycles. The smallest absolute Gasteiger partial charge is 0.410 e. The molecule has 1 aromatic heterocycles. The average molecular weight is 475 g/mol. The maximum atomic E-state index is 12.4. The van der Waals surface area contributed by atoms with Gasteiger partial charge in [0.15, 0.2) is 5.82 Å².